The molecule has 0 rings (SSSR count). The minimum atomic E-state index is -0.146. The summed E-state index contributed by atoms with van der Waals surface area (Å²) in [4.78, 5) is 16.6. The maximum absolute atomic E-state index is 12.7. The Kier molecular flexibility index (Phi) is 5.50. The van der Waals surface area contributed by atoms with Crippen LogP contribution < -0.4 is 0 Å². The van der Waals surface area contributed by atoms with E-state index in [1.807, 2.05) is 9.80 Å². The van der Waals surface area contributed by atoms with Crippen molar-refractivity contribution in [2.24, 2.45) is 0 Å². The Bertz CT molecular complexity index is 243. The number of rotatable bonds is 3. The van der Waals surface area contributed by atoms with Gasteiger partial charge in [-0.05, 0) is 62.3 Å². The molecule has 0 atom stereocenters. The van der Waals surface area contributed by atoms with E-state index in [0.717, 1.165) is 0 Å². The first-order valence-electron chi connectivity index (χ1n) is 6.61. The smallest absolute Gasteiger partial charge is 0.320 e. The summed E-state index contributed by atoms with van der Waals surface area (Å²) in [5.41, 5.74) is -0.146. The van der Waals surface area contributed by atoms with Crippen LogP contribution in [0.4, 0.5) is 4.79 Å². The van der Waals surface area contributed by atoms with Gasteiger partial charge in [0, 0.05) is 23.7 Å². The number of nitrogens with zero attached hydrogens (tertiary/aromatic N) is 2. The van der Waals surface area contributed by atoms with Crippen LogP contribution in [-0.4, -0.2) is 39.5 Å². The molecule has 0 aromatic heterocycles. The van der Waals surface area contributed by atoms with Gasteiger partial charge in [-0.3, -0.25) is 0 Å². The van der Waals surface area contributed by atoms with E-state index in [4.69, 9.17) is 0 Å². The Labute approximate surface area is 107 Å². The van der Waals surface area contributed by atoms with Gasteiger partial charge in [-0.25, -0.2) is 4.79 Å². The summed E-state index contributed by atoms with van der Waals surface area (Å²) in [6.07, 6.45) is 0. The van der Waals surface area contributed by atoms with Crippen LogP contribution in [0.2, 0.25) is 0 Å². The molecule has 0 saturated carbocycles. The summed E-state index contributed by atoms with van der Waals surface area (Å²) in [6.45, 7) is 18.7. The van der Waals surface area contributed by atoms with Crippen molar-refractivity contribution in [3.63, 3.8) is 0 Å². The monoisotopic (exact) mass is 242 g/mol. The highest BCUT2D eigenvalue weighted by atomic mass is 16.2. The molecule has 0 fully saturated rings. The third-order valence-corrected chi connectivity index (χ3v) is 2.78. The van der Waals surface area contributed by atoms with E-state index in [0.29, 0.717) is 0 Å². The predicted molar refractivity (Wildman–Crippen MR) is 74.2 cm³/mol. The molecule has 3 nitrogen and oxygen atoms in total. The Morgan fingerprint density at radius 1 is 0.824 bits per heavy atom. The average Bonchev–Trinajstić information content (AvgIpc) is 1.96. The fraction of sp³-hybridized carbons (Fsp3) is 0.929. The van der Waals surface area contributed by atoms with Crippen molar-refractivity contribution in [2.45, 2.75) is 86.0 Å². The maximum Gasteiger partial charge on any atom is 0.321 e. The van der Waals surface area contributed by atoms with Crippen molar-refractivity contribution in [3.8, 4) is 0 Å². The summed E-state index contributed by atoms with van der Waals surface area (Å²) >= 11 is 0. The fourth-order valence-corrected chi connectivity index (χ4v) is 2.44. The van der Waals surface area contributed by atoms with E-state index in [1.165, 1.54) is 0 Å². The highest BCUT2D eigenvalue weighted by Crippen LogP contribution is 2.21. The molecule has 3 heteroatoms. The van der Waals surface area contributed by atoms with Gasteiger partial charge in [0.2, 0.25) is 0 Å². The number of carbonyl (C=O) groups is 1. The van der Waals surface area contributed by atoms with E-state index in [1.54, 1.807) is 0 Å². The van der Waals surface area contributed by atoms with E-state index >= 15 is 0 Å². The van der Waals surface area contributed by atoms with Gasteiger partial charge in [0.25, 0.3) is 0 Å². The Morgan fingerprint density at radius 3 is 1.35 bits per heavy atom. The van der Waals surface area contributed by atoms with E-state index in [9.17, 15) is 4.79 Å². The van der Waals surface area contributed by atoms with Gasteiger partial charge in [0.15, 0.2) is 0 Å². The molecule has 2 amide bonds. The lowest BCUT2D eigenvalue weighted by atomic mass is 10.0. The average molecular weight is 242 g/mol. The zero-order valence-corrected chi connectivity index (χ0v) is 13.0. The van der Waals surface area contributed by atoms with Gasteiger partial charge in [-0.15, -0.1) is 0 Å². The highest BCUT2D eigenvalue weighted by molar-refractivity contribution is 5.76. The summed E-state index contributed by atoms with van der Waals surface area (Å²) in [5.74, 6) is 0. The van der Waals surface area contributed by atoms with E-state index in [-0.39, 0.29) is 29.7 Å². The van der Waals surface area contributed by atoms with E-state index in [2.05, 4.69) is 62.3 Å². The zero-order chi connectivity index (χ0) is 14.0. The molecule has 102 valence electrons. The third-order valence-electron chi connectivity index (χ3n) is 2.78. The molecule has 0 unspecified atom stereocenters. The molecule has 0 aromatic carbocycles. The first kappa shape index (κ1) is 16.3. The molecule has 0 N–H and O–H groups in total. The molecule has 0 saturated heterocycles. The zero-order valence-electron chi connectivity index (χ0n) is 13.0. The second-order valence-corrected chi connectivity index (χ2v) is 6.51. The SMILES string of the molecule is CC(C)N(C(=O)N(C(C)C)C(C)(C)C)C(C)C. The summed E-state index contributed by atoms with van der Waals surface area (Å²) in [6, 6.07) is 0.803. The van der Waals surface area contributed by atoms with Gasteiger partial charge in [0.1, 0.15) is 0 Å². The Balaban J connectivity index is 5.20. The van der Waals surface area contributed by atoms with Crippen LogP contribution in [0.25, 0.3) is 0 Å². The quantitative estimate of drug-likeness (QED) is 0.739. The van der Waals surface area contributed by atoms with Gasteiger partial charge >= 0.3 is 6.03 Å². The lowest BCUT2D eigenvalue weighted by Crippen LogP contribution is -2.57. The first-order chi connectivity index (χ1) is 7.50. The molecule has 0 aliphatic carbocycles. The number of amides is 2. The molecule has 0 aliphatic rings. The topological polar surface area (TPSA) is 23.6 Å². The standard InChI is InChI=1S/C14H30N2O/c1-10(2)15(11(3)4)13(17)16(12(5)6)14(7,8)9/h10-12H,1-9H3. The van der Waals surface area contributed by atoms with Crippen molar-refractivity contribution in [2.75, 3.05) is 0 Å². The summed E-state index contributed by atoms with van der Waals surface area (Å²) < 4.78 is 0. The maximum atomic E-state index is 12.7. The van der Waals surface area contributed by atoms with Gasteiger partial charge < -0.3 is 9.80 Å². The highest BCUT2D eigenvalue weighted by Gasteiger charge is 2.34. The Hall–Kier alpha value is -0.730. The molecule has 0 radical (unpaired) electrons. The molecular weight excluding hydrogens is 212 g/mol. The minimum Gasteiger partial charge on any atom is -0.320 e. The van der Waals surface area contributed by atoms with Crippen LogP contribution in [-0.2, 0) is 0 Å². The normalized spacial score (nSPS) is 12.5. The Morgan fingerprint density at radius 2 is 1.18 bits per heavy atom. The van der Waals surface area contributed by atoms with Gasteiger partial charge in [0.05, 0.1) is 0 Å². The lowest BCUT2D eigenvalue weighted by molar-refractivity contribution is 0.0718. The lowest BCUT2D eigenvalue weighted by Gasteiger charge is -2.44. The molecule has 17 heavy (non-hydrogen) atoms. The molecule has 0 aliphatic heterocycles. The van der Waals surface area contributed by atoms with E-state index < -0.39 is 0 Å². The van der Waals surface area contributed by atoms with Crippen molar-refractivity contribution in [3.05, 3.63) is 0 Å². The second-order valence-electron chi connectivity index (χ2n) is 6.51. The molecular formula is C14H30N2O. The van der Waals surface area contributed by atoms with Gasteiger partial charge in [-0.1, -0.05) is 0 Å². The van der Waals surface area contributed by atoms with Crippen molar-refractivity contribution in [1.29, 1.82) is 0 Å². The van der Waals surface area contributed by atoms with Gasteiger partial charge in [-0.2, -0.15) is 0 Å². The molecule has 0 aromatic rings. The van der Waals surface area contributed by atoms with Crippen LogP contribution >= 0.6 is 0 Å². The second kappa shape index (κ2) is 5.74. The molecule has 0 bridgehead atoms. The predicted octanol–water partition coefficient (Wildman–Crippen LogP) is 3.73. The number of hydrogen-bond acceptors (Lipinski definition) is 1. The van der Waals surface area contributed by atoms with Crippen LogP contribution in [0.1, 0.15) is 62.3 Å². The first-order valence-corrected chi connectivity index (χ1v) is 6.61. The largest absolute Gasteiger partial charge is 0.321 e. The molecule has 0 spiro atoms. The summed E-state index contributed by atoms with van der Waals surface area (Å²) in [7, 11) is 0. The summed E-state index contributed by atoms with van der Waals surface area (Å²) in [5, 5.41) is 0. The fourth-order valence-electron chi connectivity index (χ4n) is 2.44. The van der Waals surface area contributed by atoms with Crippen LogP contribution in [0.15, 0.2) is 0 Å². The number of urea groups is 1. The number of carbonyl (C=O) groups excluding carboxylic acids is 1. The van der Waals surface area contributed by atoms with Crippen LogP contribution in [0.3, 0.4) is 0 Å². The third kappa shape index (κ3) is 4.21. The van der Waals surface area contributed by atoms with Crippen LogP contribution in [0.5, 0.6) is 0 Å². The molecule has 0 heterocycles. The van der Waals surface area contributed by atoms with Crippen molar-refractivity contribution < 1.29 is 4.79 Å². The van der Waals surface area contributed by atoms with Crippen molar-refractivity contribution >= 4 is 6.03 Å². The minimum absolute atomic E-state index is 0.137. The van der Waals surface area contributed by atoms with Crippen molar-refractivity contribution in [1.82, 2.24) is 9.80 Å². The van der Waals surface area contributed by atoms with Crippen LogP contribution in [0, 0.1) is 0 Å². The number of hydrogen-bond donors (Lipinski definition) is 0.